The van der Waals surface area contributed by atoms with Crippen LogP contribution in [0.1, 0.15) is 13.8 Å². The van der Waals surface area contributed by atoms with Crippen LogP contribution in [-0.4, -0.2) is 0 Å². The molecule has 2 rings (SSSR count). The zero-order chi connectivity index (χ0) is 12.8. The smallest absolute Gasteiger partial charge is 0.127 e. The molecular weight excluding hydrogens is 224 g/mol. The first-order valence-electron chi connectivity index (χ1n) is 5.87. The van der Waals surface area contributed by atoms with Gasteiger partial charge < -0.3 is 9.47 Å². The second-order valence-electron chi connectivity index (χ2n) is 4.20. The summed E-state index contributed by atoms with van der Waals surface area (Å²) >= 11 is 0. The molecule has 0 aliphatic carbocycles. The van der Waals surface area contributed by atoms with Crippen molar-refractivity contribution in [2.45, 2.75) is 13.8 Å². The van der Waals surface area contributed by atoms with Gasteiger partial charge >= 0.3 is 0 Å². The zero-order valence-electron chi connectivity index (χ0n) is 10.6. The van der Waals surface area contributed by atoms with Crippen molar-refractivity contribution in [3.8, 4) is 17.2 Å². The van der Waals surface area contributed by atoms with Gasteiger partial charge in [0.25, 0.3) is 0 Å². The van der Waals surface area contributed by atoms with E-state index in [2.05, 4.69) is 0 Å². The first-order chi connectivity index (χ1) is 8.74. The van der Waals surface area contributed by atoms with E-state index in [4.69, 9.17) is 9.47 Å². The minimum absolute atomic E-state index is 0.797. The standard InChI is InChI=1S/C16H16O2/c1-13(2)12-17-14-8-10-16(11-9-14)18-15-6-4-3-5-7-15/h3-12H,1-2H3. The molecule has 18 heavy (non-hydrogen) atoms. The highest BCUT2D eigenvalue weighted by atomic mass is 16.5. The monoisotopic (exact) mass is 240 g/mol. The van der Waals surface area contributed by atoms with Gasteiger partial charge in [0.15, 0.2) is 0 Å². The number of hydrogen-bond acceptors (Lipinski definition) is 2. The molecule has 0 spiro atoms. The molecule has 2 heteroatoms. The van der Waals surface area contributed by atoms with Gasteiger partial charge in [0, 0.05) is 0 Å². The minimum Gasteiger partial charge on any atom is -0.465 e. The van der Waals surface area contributed by atoms with Gasteiger partial charge in [0.2, 0.25) is 0 Å². The van der Waals surface area contributed by atoms with Crippen LogP contribution in [0.4, 0.5) is 0 Å². The molecule has 2 nitrogen and oxygen atoms in total. The van der Waals surface area contributed by atoms with Gasteiger partial charge in [-0.25, -0.2) is 0 Å². The summed E-state index contributed by atoms with van der Waals surface area (Å²) in [6.07, 6.45) is 1.73. The molecule has 0 atom stereocenters. The van der Waals surface area contributed by atoms with Gasteiger partial charge in [0.05, 0.1) is 6.26 Å². The summed E-state index contributed by atoms with van der Waals surface area (Å²) in [5.41, 5.74) is 1.12. The predicted octanol–water partition coefficient (Wildman–Crippen LogP) is 4.78. The third kappa shape index (κ3) is 3.67. The Labute approximate surface area is 107 Å². The summed E-state index contributed by atoms with van der Waals surface area (Å²) in [5, 5.41) is 0. The number of hydrogen-bond donors (Lipinski definition) is 0. The van der Waals surface area contributed by atoms with Crippen LogP contribution in [0, 0.1) is 0 Å². The van der Waals surface area contributed by atoms with Crippen molar-refractivity contribution in [3.63, 3.8) is 0 Å². The van der Waals surface area contributed by atoms with Gasteiger partial charge in [-0.05, 0) is 55.8 Å². The molecule has 2 aromatic carbocycles. The van der Waals surface area contributed by atoms with Crippen LogP contribution in [0.2, 0.25) is 0 Å². The van der Waals surface area contributed by atoms with E-state index in [1.165, 1.54) is 0 Å². The van der Waals surface area contributed by atoms with E-state index in [1.807, 2.05) is 68.4 Å². The fraction of sp³-hybridized carbons (Fsp3) is 0.125. The molecular formula is C16H16O2. The van der Waals surface area contributed by atoms with Crippen LogP contribution in [0.25, 0.3) is 0 Å². The lowest BCUT2D eigenvalue weighted by molar-refractivity contribution is 0.465. The summed E-state index contributed by atoms with van der Waals surface area (Å²) in [6.45, 7) is 3.99. The highest BCUT2D eigenvalue weighted by Crippen LogP contribution is 2.23. The lowest BCUT2D eigenvalue weighted by Gasteiger charge is -2.06. The molecule has 0 saturated carbocycles. The first kappa shape index (κ1) is 12.2. The lowest BCUT2D eigenvalue weighted by Crippen LogP contribution is -1.85. The highest BCUT2D eigenvalue weighted by molar-refractivity contribution is 5.35. The molecule has 0 saturated heterocycles. The van der Waals surface area contributed by atoms with Crippen LogP contribution in [0.15, 0.2) is 66.4 Å². The SMILES string of the molecule is CC(C)=COc1ccc(Oc2ccccc2)cc1. The molecule has 0 N–H and O–H groups in total. The number of ether oxygens (including phenoxy) is 2. The van der Waals surface area contributed by atoms with E-state index >= 15 is 0 Å². The molecule has 0 bridgehead atoms. The number of allylic oxidation sites excluding steroid dienone is 1. The van der Waals surface area contributed by atoms with Crippen molar-refractivity contribution in [1.29, 1.82) is 0 Å². The van der Waals surface area contributed by atoms with Crippen LogP contribution in [0.3, 0.4) is 0 Å². The Morgan fingerprint density at radius 1 is 0.778 bits per heavy atom. The Kier molecular flexibility index (Phi) is 4.02. The van der Waals surface area contributed by atoms with Gasteiger partial charge in [-0.1, -0.05) is 18.2 Å². The Balaban J connectivity index is 2.02. The highest BCUT2D eigenvalue weighted by Gasteiger charge is 1.97. The van der Waals surface area contributed by atoms with E-state index in [9.17, 15) is 0 Å². The van der Waals surface area contributed by atoms with Crippen molar-refractivity contribution in [1.82, 2.24) is 0 Å². The molecule has 2 aromatic rings. The normalized spacial score (nSPS) is 9.67. The third-order valence-electron chi connectivity index (χ3n) is 2.23. The van der Waals surface area contributed by atoms with Crippen LogP contribution in [-0.2, 0) is 0 Å². The van der Waals surface area contributed by atoms with Gasteiger partial charge in [-0.2, -0.15) is 0 Å². The van der Waals surface area contributed by atoms with Crippen LogP contribution >= 0.6 is 0 Å². The Bertz CT molecular complexity index is 509. The van der Waals surface area contributed by atoms with Gasteiger partial charge in [-0.15, -0.1) is 0 Å². The molecule has 92 valence electrons. The molecule has 0 amide bonds. The number of para-hydroxylation sites is 1. The van der Waals surface area contributed by atoms with Crippen LogP contribution < -0.4 is 9.47 Å². The van der Waals surface area contributed by atoms with Crippen molar-refractivity contribution < 1.29 is 9.47 Å². The molecule has 0 aliphatic heterocycles. The average Bonchev–Trinajstić information content (AvgIpc) is 2.39. The largest absolute Gasteiger partial charge is 0.465 e. The Morgan fingerprint density at radius 3 is 1.94 bits per heavy atom. The summed E-state index contributed by atoms with van der Waals surface area (Å²) in [6, 6.07) is 17.3. The van der Waals surface area contributed by atoms with E-state index in [0.29, 0.717) is 0 Å². The van der Waals surface area contributed by atoms with Crippen LogP contribution in [0.5, 0.6) is 17.2 Å². The van der Waals surface area contributed by atoms with E-state index in [1.54, 1.807) is 6.26 Å². The maximum atomic E-state index is 5.69. The fourth-order valence-corrected chi connectivity index (χ4v) is 1.40. The third-order valence-corrected chi connectivity index (χ3v) is 2.23. The van der Waals surface area contributed by atoms with E-state index in [0.717, 1.165) is 22.8 Å². The van der Waals surface area contributed by atoms with E-state index < -0.39 is 0 Å². The maximum absolute atomic E-state index is 5.69. The number of benzene rings is 2. The second-order valence-corrected chi connectivity index (χ2v) is 4.20. The first-order valence-corrected chi connectivity index (χ1v) is 5.87. The fourth-order valence-electron chi connectivity index (χ4n) is 1.40. The average molecular weight is 240 g/mol. The summed E-state index contributed by atoms with van der Waals surface area (Å²) in [4.78, 5) is 0. The Morgan fingerprint density at radius 2 is 1.33 bits per heavy atom. The number of rotatable bonds is 4. The topological polar surface area (TPSA) is 18.5 Å². The molecule has 0 radical (unpaired) electrons. The molecule has 0 aromatic heterocycles. The van der Waals surface area contributed by atoms with Crippen molar-refractivity contribution in [2.24, 2.45) is 0 Å². The van der Waals surface area contributed by atoms with Gasteiger partial charge in [-0.3, -0.25) is 0 Å². The second kappa shape index (κ2) is 5.92. The van der Waals surface area contributed by atoms with Crippen molar-refractivity contribution in [2.75, 3.05) is 0 Å². The molecule has 0 heterocycles. The van der Waals surface area contributed by atoms with Gasteiger partial charge in [0.1, 0.15) is 17.2 Å². The summed E-state index contributed by atoms with van der Waals surface area (Å²) < 4.78 is 11.1. The summed E-state index contributed by atoms with van der Waals surface area (Å²) in [5.74, 6) is 2.43. The lowest BCUT2D eigenvalue weighted by atomic mass is 10.3. The van der Waals surface area contributed by atoms with E-state index in [-0.39, 0.29) is 0 Å². The summed E-state index contributed by atoms with van der Waals surface area (Å²) in [7, 11) is 0. The zero-order valence-corrected chi connectivity index (χ0v) is 10.6. The molecule has 0 fully saturated rings. The van der Waals surface area contributed by atoms with Crippen molar-refractivity contribution in [3.05, 3.63) is 66.4 Å². The minimum atomic E-state index is 0.797. The molecule has 0 unspecified atom stereocenters. The quantitative estimate of drug-likeness (QED) is 0.716. The molecule has 0 aliphatic rings. The predicted molar refractivity (Wildman–Crippen MR) is 73.0 cm³/mol. The Hall–Kier alpha value is -2.22. The van der Waals surface area contributed by atoms with Crippen molar-refractivity contribution >= 4 is 0 Å². The maximum Gasteiger partial charge on any atom is 0.127 e.